The van der Waals surface area contributed by atoms with E-state index in [0.29, 0.717) is 5.56 Å². The molecule has 0 aliphatic rings. The van der Waals surface area contributed by atoms with Crippen LogP contribution in [0.1, 0.15) is 12.0 Å². The molecule has 0 saturated carbocycles. The Hall–Kier alpha value is -1.85. The smallest absolute Gasteiger partial charge is 0.450 e. The van der Waals surface area contributed by atoms with E-state index in [-0.39, 0.29) is 6.61 Å². The fraction of sp³-hybridized carbons (Fsp3) is 0.273. The molecular weight excluding hydrogens is 237 g/mol. The van der Waals surface area contributed by atoms with Gasteiger partial charge in [-0.05, 0) is 5.56 Å². The Balaban J connectivity index is 2.39. The van der Waals surface area contributed by atoms with Crippen molar-refractivity contribution in [2.45, 2.75) is 19.2 Å². The first-order valence-electron chi connectivity index (χ1n) is 4.69. The molecule has 0 radical (unpaired) electrons. The number of carbonyl (C=O) groups excluding carboxylic acids is 2. The molecular formula is C11H9F3O3. The zero-order valence-corrected chi connectivity index (χ0v) is 8.66. The zero-order valence-electron chi connectivity index (χ0n) is 8.66. The Bertz CT molecular complexity index is 398. The van der Waals surface area contributed by atoms with E-state index in [2.05, 4.69) is 4.74 Å². The number of esters is 1. The maximum atomic E-state index is 11.8. The van der Waals surface area contributed by atoms with Gasteiger partial charge in [0.2, 0.25) is 5.78 Å². The predicted molar refractivity (Wildman–Crippen MR) is 51.9 cm³/mol. The Labute approximate surface area is 95.2 Å². The van der Waals surface area contributed by atoms with Gasteiger partial charge in [0.15, 0.2) is 0 Å². The largest absolute Gasteiger partial charge is 0.460 e. The average molecular weight is 246 g/mol. The molecule has 0 atom stereocenters. The molecule has 0 aliphatic heterocycles. The molecule has 6 heteroatoms. The van der Waals surface area contributed by atoms with Crippen LogP contribution in [0.4, 0.5) is 13.2 Å². The third kappa shape index (κ3) is 4.67. The number of halogens is 3. The monoisotopic (exact) mass is 246 g/mol. The molecule has 1 rings (SSSR count). The number of alkyl halides is 3. The Morgan fingerprint density at radius 2 is 1.71 bits per heavy atom. The fourth-order valence-electron chi connectivity index (χ4n) is 1.02. The van der Waals surface area contributed by atoms with Gasteiger partial charge in [-0.3, -0.25) is 9.59 Å². The number of hydrogen-bond acceptors (Lipinski definition) is 3. The second-order valence-electron chi connectivity index (χ2n) is 3.24. The van der Waals surface area contributed by atoms with Crippen molar-refractivity contribution in [3.63, 3.8) is 0 Å². The Morgan fingerprint density at radius 1 is 1.12 bits per heavy atom. The highest BCUT2D eigenvalue weighted by Gasteiger charge is 2.39. The minimum absolute atomic E-state index is 0.148. The number of benzene rings is 1. The van der Waals surface area contributed by atoms with Crippen molar-refractivity contribution < 1.29 is 27.5 Å². The topological polar surface area (TPSA) is 43.4 Å². The van der Waals surface area contributed by atoms with Crippen LogP contribution in [-0.2, 0) is 20.9 Å². The third-order valence-corrected chi connectivity index (χ3v) is 1.86. The van der Waals surface area contributed by atoms with E-state index in [4.69, 9.17) is 0 Å². The van der Waals surface area contributed by atoms with Crippen molar-refractivity contribution in [2.75, 3.05) is 0 Å². The summed E-state index contributed by atoms with van der Waals surface area (Å²) >= 11 is 0. The van der Waals surface area contributed by atoms with E-state index in [0.717, 1.165) is 0 Å². The zero-order chi connectivity index (χ0) is 12.9. The van der Waals surface area contributed by atoms with Gasteiger partial charge >= 0.3 is 12.1 Å². The van der Waals surface area contributed by atoms with Crippen molar-refractivity contribution in [3.05, 3.63) is 35.9 Å². The van der Waals surface area contributed by atoms with Gasteiger partial charge in [-0.15, -0.1) is 0 Å². The van der Waals surface area contributed by atoms with Crippen LogP contribution in [0.3, 0.4) is 0 Å². The first-order chi connectivity index (χ1) is 7.89. The van der Waals surface area contributed by atoms with E-state index in [1.54, 1.807) is 30.3 Å². The number of hydrogen-bond donors (Lipinski definition) is 0. The van der Waals surface area contributed by atoms with E-state index < -0.39 is 24.3 Å². The van der Waals surface area contributed by atoms with E-state index in [9.17, 15) is 22.8 Å². The van der Waals surface area contributed by atoms with Gasteiger partial charge < -0.3 is 4.74 Å². The van der Waals surface area contributed by atoms with Crippen molar-refractivity contribution in [1.29, 1.82) is 0 Å². The van der Waals surface area contributed by atoms with Crippen LogP contribution in [0.25, 0.3) is 0 Å². The number of rotatable bonds is 4. The summed E-state index contributed by atoms with van der Waals surface area (Å²) in [5.41, 5.74) is 0.639. The van der Waals surface area contributed by atoms with Crippen LogP contribution >= 0.6 is 0 Å². The molecule has 0 fully saturated rings. The summed E-state index contributed by atoms with van der Waals surface area (Å²) in [6, 6.07) is 8.45. The molecule has 0 saturated heterocycles. The summed E-state index contributed by atoms with van der Waals surface area (Å²) in [6.45, 7) is -0.148. The van der Waals surface area contributed by atoms with Gasteiger partial charge in [-0.25, -0.2) is 0 Å². The molecule has 3 nitrogen and oxygen atoms in total. The first-order valence-corrected chi connectivity index (χ1v) is 4.69. The Kier molecular flexibility index (Phi) is 4.25. The number of Topliss-reactive ketones (excluding diaryl/α,β-unsaturated/α-hetero) is 1. The molecule has 17 heavy (non-hydrogen) atoms. The van der Waals surface area contributed by atoms with Gasteiger partial charge in [-0.1, -0.05) is 30.3 Å². The quantitative estimate of drug-likeness (QED) is 0.604. The van der Waals surface area contributed by atoms with Crippen LogP contribution < -0.4 is 0 Å². The molecule has 0 aliphatic carbocycles. The number of ketones is 1. The highest BCUT2D eigenvalue weighted by Crippen LogP contribution is 2.18. The van der Waals surface area contributed by atoms with Gasteiger partial charge in [0.05, 0.1) is 0 Å². The van der Waals surface area contributed by atoms with Gasteiger partial charge in [0.1, 0.15) is 13.0 Å². The summed E-state index contributed by atoms with van der Waals surface area (Å²) in [6.07, 6.45) is -6.28. The lowest BCUT2D eigenvalue weighted by molar-refractivity contribution is -0.175. The lowest BCUT2D eigenvalue weighted by Gasteiger charge is -2.06. The van der Waals surface area contributed by atoms with E-state index >= 15 is 0 Å². The molecule has 0 spiro atoms. The highest BCUT2D eigenvalue weighted by molar-refractivity contribution is 5.98. The van der Waals surface area contributed by atoms with Crippen molar-refractivity contribution in [3.8, 4) is 0 Å². The summed E-state index contributed by atoms with van der Waals surface area (Å²) < 4.78 is 40.0. The standard InChI is InChI=1S/C11H9F3O3/c12-11(13,14)9(15)6-10(16)17-7-8-4-2-1-3-5-8/h1-5H,6-7H2. The molecule has 0 heterocycles. The molecule has 92 valence electrons. The summed E-state index contributed by atoms with van der Waals surface area (Å²) in [7, 11) is 0. The molecule has 0 bridgehead atoms. The summed E-state index contributed by atoms with van der Waals surface area (Å²) in [5.74, 6) is -3.29. The SMILES string of the molecule is O=C(CC(=O)C(F)(F)F)OCc1ccccc1. The first kappa shape index (κ1) is 13.2. The summed E-state index contributed by atoms with van der Waals surface area (Å²) in [5, 5.41) is 0. The lowest BCUT2D eigenvalue weighted by atomic mass is 10.2. The maximum Gasteiger partial charge on any atom is 0.450 e. The minimum atomic E-state index is -4.99. The Morgan fingerprint density at radius 3 is 2.24 bits per heavy atom. The van der Waals surface area contributed by atoms with Crippen molar-refractivity contribution in [2.24, 2.45) is 0 Å². The van der Waals surface area contributed by atoms with Crippen molar-refractivity contribution in [1.82, 2.24) is 0 Å². The van der Waals surface area contributed by atoms with E-state index in [1.165, 1.54) is 0 Å². The van der Waals surface area contributed by atoms with Crippen LogP contribution in [0.15, 0.2) is 30.3 Å². The fourth-order valence-corrected chi connectivity index (χ4v) is 1.02. The number of ether oxygens (including phenoxy) is 1. The highest BCUT2D eigenvalue weighted by atomic mass is 19.4. The second kappa shape index (κ2) is 5.47. The minimum Gasteiger partial charge on any atom is -0.460 e. The molecule has 0 amide bonds. The normalized spacial score (nSPS) is 11.0. The van der Waals surface area contributed by atoms with Crippen molar-refractivity contribution >= 4 is 11.8 Å². The molecule has 1 aromatic carbocycles. The second-order valence-corrected chi connectivity index (χ2v) is 3.24. The predicted octanol–water partition coefficient (Wildman–Crippen LogP) is 2.25. The number of carbonyl (C=O) groups is 2. The van der Waals surface area contributed by atoms with Gasteiger partial charge in [0.25, 0.3) is 0 Å². The molecule has 1 aromatic rings. The van der Waals surface area contributed by atoms with Gasteiger partial charge in [-0.2, -0.15) is 13.2 Å². The summed E-state index contributed by atoms with van der Waals surface area (Å²) in [4.78, 5) is 21.4. The molecule has 0 unspecified atom stereocenters. The average Bonchev–Trinajstić information content (AvgIpc) is 2.26. The van der Waals surface area contributed by atoms with Crippen LogP contribution in [0.5, 0.6) is 0 Å². The third-order valence-electron chi connectivity index (χ3n) is 1.86. The van der Waals surface area contributed by atoms with Crippen LogP contribution in [0.2, 0.25) is 0 Å². The van der Waals surface area contributed by atoms with Crippen LogP contribution in [0, 0.1) is 0 Å². The molecule has 0 aromatic heterocycles. The molecule has 0 N–H and O–H groups in total. The lowest BCUT2D eigenvalue weighted by Crippen LogP contribution is -2.26. The van der Waals surface area contributed by atoms with Gasteiger partial charge in [0, 0.05) is 0 Å². The maximum absolute atomic E-state index is 11.8. The van der Waals surface area contributed by atoms with Crippen LogP contribution in [-0.4, -0.2) is 17.9 Å². The van der Waals surface area contributed by atoms with E-state index in [1.807, 2.05) is 0 Å².